The molecule has 4 heteroatoms. The number of ether oxygens (including phenoxy) is 3. The van der Waals surface area contributed by atoms with Crippen molar-refractivity contribution in [3.63, 3.8) is 0 Å². The van der Waals surface area contributed by atoms with Crippen LogP contribution in [-0.2, 0) is 9.47 Å². The van der Waals surface area contributed by atoms with Crippen LogP contribution in [0.4, 0.5) is 0 Å². The van der Waals surface area contributed by atoms with Crippen molar-refractivity contribution in [2.24, 2.45) is 5.73 Å². The maximum Gasteiger partial charge on any atom is 0.173 e. The molecular weight excluding hydrogens is 218 g/mol. The maximum absolute atomic E-state index is 5.85. The predicted octanol–water partition coefficient (Wildman–Crippen LogP) is 1.50. The molecule has 1 fully saturated rings. The van der Waals surface area contributed by atoms with E-state index in [9.17, 15) is 0 Å². The third kappa shape index (κ3) is 2.44. The van der Waals surface area contributed by atoms with Crippen molar-refractivity contribution in [1.82, 2.24) is 0 Å². The predicted molar refractivity (Wildman–Crippen MR) is 65.1 cm³/mol. The molecule has 0 aliphatic carbocycles. The summed E-state index contributed by atoms with van der Waals surface area (Å²) in [4.78, 5) is 0. The Hall–Kier alpha value is -1.10. The quantitative estimate of drug-likeness (QED) is 0.862. The zero-order chi connectivity index (χ0) is 12.3. The molecule has 0 aromatic heterocycles. The molecule has 0 spiro atoms. The average Bonchev–Trinajstić information content (AvgIpc) is 2.78. The lowest BCUT2D eigenvalue weighted by Gasteiger charge is -2.31. The molecule has 0 amide bonds. The minimum absolute atomic E-state index is 0.0379. The first-order valence-electron chi connectivity index (χ1n) is 5.81. The summed E-state index contributed by atoms with van der Waals surface area (Å²) in [5, 5.41) is 0. The third-order valence-corrected chi connectivity index (χ3v) is 3.25. The molecule has 4 nitrogen and oxygen atoms in total. The highest BCUT2D eigenvalue weighted by atomic mass is 16.7. The van der Waals surface area contributed by atoms with Crippen molar-refractivity contribution in [3.05, 3.63) is 29.8 Å². The molecular formula is C13H19NO3. The Morgan fingerprint density at radius 3 is 2.35 bits per heavy atom. The molecule has 1 heterocycles. The highest BCUT2D eigenvalue weighted by Crippen LogP contribution is 2.35. The zero-order valence-corrected chi connectivity index (χ0v) is 10.3. The van der Waals surface area contributed by atoms with Crippen molar-refractivity contribution in [3.8, 4) is 5.75 Å². The van der Waals surface area contributed by atoms with Crippen LogP contribution >= 0.6 is 0 Å². The van der Waals surface area contributed by atoms with E-state index in [1.54, 1.807) is 7.11 Å². The topological polar surface area (TPSA) is 53.7 Å². The van der Waals surface area contributed by atoms with Gasteiger partial charge in [0.1, 0.15) is 5.75 Å². The van der Waals surface area contributed by atoms with Crippen molar-refractivity contribution in [2.75, 3.05) is 26.9 Å². The Morgan fingerprint density at radius 1 is 1.29 bits per heavy atom. The van der Waals surface area contributed by atoms with E-state index in [1.165, 1.54) is 0 Å². The lowest BCUT2D eigenvalue weighted by atomic mass is 9.91. The minimum Gasteiger partial charge on any atom is -0.497 e. The molecule has 0 saturated carbocycles. The number of rotatable bonds is 4. The number of methoxy groups -OCH3 is 1. The molecule has 1 atom stereocenters. The van der Waals surface area contributed by atoms with Gasteiger partial charge in [-0.2, -0.15) is 0 Å². The fourth-order valence-corrected chi connectivity index (χ4v) is 2.22. The van der Waals surface area contributed by atoms with E-state index >= 15 is 0 Å². The Labute approximate surface area is 102 Å². The van der Waals surface area contributed by atoms with Gasteiger partial charge in [-0.25, -0.2) is 0 Å². The first-order valence-corrected chi connectivity index (χ1v) is 5.81. The van der Waals surface area contributed by atoms with Crippen LogP contribution < -0.4 is 10.5 Å². The van der Waals surface area contributed by atoms with Crippen LogP contribution in [0, 0.1) is 0 Å². The van der Waals surface area contributed by atoms with Gasteiger partial charge in [0.05, 0.1) is 20.3 Å². The summed E-state index contributed by atoms with van der Waals surface area (Å²) < 4.78 is 16.5. The second-order valence-electron chi connectivity index (χ2n) is 4.27. The third-order valence-electron chi connectivity index (χ3n) is 3.25. The Kier molecular flexibility index (Phi) is 3.66. The van der Waals surface area contributed by atoms with Gasteiger partial charge in [-0.3, -0.25) is 0 Å². The van der Waals surface area contributed by atoms with Gasteiger partial charge in [0, 0.05) is 12.5 Å². The second kappa shape index (κ2) is 5.04. The summed E-state index contributed by atoms with van der Waals surface area (Å²) in [6, 6.07) is 7.87. The Balaban J connectivity index is 2.22. The molecule has 1 aromatic rings. The van der Waals surface area contributed by atoms with E-state index in [2.05, 4.69) is 0 Å². The monoisotopic (exact) mass is 237 g/mol. The molecule has 94 valence electrons. The van der Waals surface area contributed by atoms with Gasteiger partial charge in [-0.15, -0.1) is 0 Å². The highest BCUT2D eigenvalue weighted by Gasteiger charge is 2.39. The van der Waals surface area contributed by atoms with E-state index in [4.69, 9.17) is 19.9 Å². The highest BCUT2D eigenvalue weighted by molar-refractivity contribution is 5.30. The molecule has 1 aliphatic rings. The smallest absolute Gasteiger partial charge is 0.173 e. The minimum atomic E-state index is -0.608. The fraction of sp³-hybridized carbons (Fsp3) is 0.538. The molecule has 1 unspecified atom stereocenters. The lowest BCUT2D eigenvalue weighted by Crippen LogP contribution is -2.38. The summed E-state index contributed by atoms with van der Waals surface area (Å²) in [6.45, 7) is 3.69. The number of benzene rings is 1. The largest absolute Gasteiger partial charge is 0.497 e. The van der Waals surface area contributed by atoms with E-state index in [-0.39, 0.29) is 5.92 Å². The summed E-state index contributed by atoms with van der Waals surface area (Å²) in [7, 11) is 1.65. The fourth-order valence-electron chi connectivity index (χ4n) is 2.22. The van der Waals surface area contributed by atoms with Crippen LogP contribution in [0.1, 0.15) is 18.4 Å². The van der Waals surface area contributed by atoms with Gasteiger partial charge >= 0.3 is 0 Å². The number of hydrogen-bond donors (Lipinski definition) is 1. The molecule has 2 N–H and O–H groups in total. The van der Waals surface area contributed by atoms with Crippen LogP contribution in [0.2, 0.25) is 0 Å². The summed E-state index contributed by atoms with van der Waals surface area (Å²) in [6.07, 6.45) is 0. The standard InChI is InChI=1S/C13H19NO3/c1-13(16-7-8-17-13)12(9-14)10-3-5-11(15-2)6-4-10/h3-6,12H,7-9,14H2,1-2H3. The molecule has 17 heavy (non-hydrogen) atoms. The molecule has 0 radical (unpaired) electrons. The normalized spacial score (nSPS) is 20.2. The first kappa shape index (κ1) is 12.4. The van der Waals surface area contributed by atoms with E-state index < -0.39 is 5.79 Å². The summed E-state index contributed by atoms with van der Waals surface area (Å²) in [5.41, 5.74) is 6.96. The van der Waals surface area contributed by atoms with Crippen LogP contribution in [0.15, 0.2) is 24.3 Å². The second-order valence-corrected chi connectivity index (χ2v) is 4.27. The van der Waals surface area contributed by atoms with E-state index in [0.717, 1.165) is 11.3 Å². The number of hydrogen-bond acceptors (Lipinski definition) is 4. The van der Waals surface area contributed by atoms with Crippen LogP contribution in [0.25, 0.3) is 0 Å². The van der Waals surface area contributed by atoms with Gasteiger partial charge in [0.15, 0.2) is 5.79 Å². The molecule has 1 aromatic carbocycles. The van der Waals surface area contributed by atoms with Gasteiger partial charge < -0.3 is 19.9 Å². The molecule has 1 saturated heterocycles. The van der Waals surface area contributed by atoms with Crippen molar-refractivity contribution < 1.29 is 14.2 Å². The summed E-state index contributed by atoms with van der Waals surface area (Å²) in [5.74, 6) is 0.266. The molecule has 1 aliphatic heterocycles. The first-order chi connectivity index (χ1) is 8.19. The lowest BCUT2D eigenvalue weighted by molar-refractivity contribution is -0.158. The average molecular weight is 237 g/mol. The Bertz CT molecular complexity index is 357. The van der Waals surface area contributed by atoms with Gasteiger partial charge in [0.2, 0.25) is 0 Å². The van der Waals surface area contributed by atoms with Crippen LogP contribution in [0.3, 0.4) is 0 Å². The van der Waals surface area contributed by atoms with Gasteiger partial charge in [-0.1, -0.05) is 12.1 Å². The Morgan fingerprint density at radius 2 is 1.88 bits per heavy atom. The SMILES string of the molecule is COc1ccc(C(CN)C2(C)OCCO2)cc1. The maximum atomic E-state index is 5.85. The van der Waals surface area contributed by atoms with Crippen LogP contribution in [-0.4, -0.2) is 32.7 Å². The van der Waals surface area contributed by atoms with Crippen molar-refractivity contribution in [2.45, 2.75) is 18.6 Å². The van der Waals surface area contributed by atoms with Gasteiger partial charge in [-0.05, 0) is 24.6 Å². The summed E-state index contributed by atoms with van der Waals surface area (Å²) >= 11 is 0. The molecule has 2 rings (SSSR count). The molecule has 0 bridgehead atoms. The van der Waals surface area contributed by atoms with E-state index in [1.807, 2.05) is 31.2 Å². The van der Waals surface area contributed by atoms with E-state index in [0.29, 0.717) is 19.8 Å². The van der Waals surface area contributed by atoms with Crippen LogP contribution in [0.5, 0.6) is 5.75 Å². The van der Waals surface area contributed by atoms with Gasteiger partial charge in [0.25, 0.3) is 0 Å². The number of nitrogens with two attached hydrogens (primary N) is 1. The van der Waals surface area contributed by atoms with Crippen molar-refractivity contribution >= 4 is 0 Å². The zero-order valence-electron chi connectivity index (χ0n) is 10.3. The van der Waals surface area contributed by atoms with Crippen molar-refractivity contribution in [1.29, 1.82) is 0 Å².